The molecule has 1 heterocycles. The highest BCUT2D eigenvalue weighted by molar-refractivity contribution is 5.82. The molecule has 2 rings (SSSR count). The number of hydrogen-bond acceptors (Lipinski definition) is 2. The van der Waals surface area contributed by atoms with Crippen molar-refractivity contribution in [2.24, 2.45) is 5.73 Å². The van der Waals surface area contributed by atoms with Crippen molar-refractivity contribution in [3.8, 4) is 0 Å². The highest BCUT2D eigenvalue weighted by Crippen LogP contribution is 2.24. The summed E-state index contributed by atoms with van der Waals surface area (Å²) in [4.78, 5) is 11.6. The van der Waals surface area contributed by atoms with Crippen molar-refractivity contribution in [1.29, 1.82) is 0 Å². The molecule has 0 radical (unpaired) electrons. The number of amides is 1. The predicted molar refractivity (Wildman–Crippen MR) is 64.0 cm³/mol. The van der Waals surface area contributed by atoms with E-state index in [1.54, 1.807) is 0 Å². The minimum atomic E-state index is -0.231. The molecule has 0 aromatic heterocycles. The molecule has 0 bridgehead atoms. The summed E-state index contributed by atoms with van der Waals surface area (Å²) in [5, 5.41) is 3.40. The predicted octanol–water partition coefficient (Wildman–Crippen LogP) is 1.40. The lowest BCUT2D eigenvalue weighted by Crippen LogP contribution is -2.43. The van der Waals surface area contributed by atoms with Gasteiger partial charge in [0.05, 0.1) is 5.92 Å². The normalized spacial score (nSPS) is 22.6. The molecule has 1 aliphatic rings. The van der Waals surface area contributed by atoms with Crippen molar-refractivity contribution >= 4 is 5.91 Å². The third-order valence-corrected chi connectivity index (χ3v) is 3.22. The summed E-state index contributed by atoms with van der Waals surface area (Å²) < 4.78 is 0. The topological polar surface area (TPSA) is 55.1 Å². The summed E-state index contributed by atoms with van der Waals surface area (Å²) in [7, 11) is 0. The van der Waals surface area contributed by atoms with Crippen LogP contribution in [0.5, 0.6) is 0 Å². The molecule has 1 aliphatic heterocycles. The van der Waals surface area contributed by atoms with Crippen LogP contribution in [0, 0.1) is 0 Å². The van der Waals surface area contributed by atoms with Crippen LogP contribution < -0.4 is 11.1 Å². The summed E-state index contributed by atoms with van der Waals surface area (Å²) in [6, 6.07) is 10.0. The second-order valence-electron chi connectivity index (χ2n) is 4.35. The van der Waals surface area contributed by atoms with Crippen molar-refractivity contribution in [2.45, 2.75) is 31.2 Å². The van der Waals surface area contributed by atoms with Gasteiger partial charge in [-0.3, -0.25) is 4.79 Å². The van der Waals surface area contributed by atoms with E-state index < -0.39 is 0 Å². The number of carbonyl (C=O) groups excluding carboxylic acids is 1. The Labute approximate surface area is 96.0 Å². The van der Waals surface area contributed by atoms with Gasteiger partial charge in [-0.25, -0.2) is 0 Å². The quantitative estimate of drug-likeness (QED) is 0.805. The number of nitrogens with two attached hydrogens (primary N) is 1. The van der Waals surface area contributed by atoms with E-state index in [1.165, 1.54) is 12.8 Å². The Morgan fingerprint density at radius 3 is 2.62 bits per heavy atom. The zero-order chi connectivity index (χ0) is 11.4. The zero-order valence-corrected chi connectivity index (χ0v) is 9.36. The SMILES string of the molecule is NC(=O)C(c1ccccc1)[C@@H]1CCCCN1. The summed E-state index contributed by atoms with van der Waals surface area (Å²) in [6.45, 7) is 0.987. The fourth-order valence-electron chi connectivity index (χ4n) is 2.42. The van der Waals surface area contributed by atoms with E-state index in [2.05, 4.69) is 5.32 Å². The van der Waals surface area contributed by atoms with Crippen LogP contribution >= 0.6 is 0 Å². The van der Waals surface area contributed by atoms with Crippen molar-refractivity contribution in [2.75, 3.05) is 6.54 Å². The molecule has 3 N–H and O–H groups in total. The van der Waals surface area contributed by atoms with Crippen LogP contribution in [0.25, 0.3) is 0 Å². The van der Waals surface area contributed by atoms with Crippen molar-refractivity contribution in [3.05, 3.63) is 35.9 Å². The van der Waals surface area contributed by atoms with Gasteiger partial charge in [0, 0.05) is 6.04 Å². The molecule has 1 aromatic rings. The number of piperidine rings is 1. The van der Waals surface area contributed by atoms with Crippen LogP contribution in [0.1, 0.15) is 30.7 Å². The summed E-state index contributed by atoms with van der Waals surface area (Å²) >= 11 is 0. The maximum atomic E-state index is 11.6. The van der Waals surface area contributed by atoms with E-state index in [0.717, 1.165) is 18.5 Å². The third-order valence-electron chi connectivity index (χ3n) is 3.22. The molecule has 1 saturated heterocycles. The molecule has 3 heteroatoms. The maximum Gasteiger partial charge on any atom is 0.226 e. The Hall–Kier alpha value is -1.35. The number of benzene rings is 1. The molecule has 16 heavy (non-hydrogen) atoms. The van der Waals surface area contributed by atoms with Gasteiger partial charge in [-0.1, -0.05) is 36.8 Å². The Balaban J connectivity index is 2.20. The number of carbonyl (C=O) groups is 1. The molecular formula is C13H18N2O. The fourth-order valence-corrected chi connectivity index (χ4v) is 2.42. The van der Waals surface area contributed by atoms with Gasteiger partial charge in [-0.05, 0) is 24.9 Å². The second-order valence-corrected chi connectivity index (χ2v) is 4.35. The molecule has 0 spiro atoms. The third kappa shape index (κ3) is 2.42. The maximum absolute atomic E-state index is 11.6. The van der Waals surface area contributed by atoms with Crippen LogP contribution in [-0.4, -0.2) is 18.5 Å². The van der Waals surface area contributed by atoms with E-state index in [1.807, 2.05) is 30.3 Å². The molecule has 3 nitrogen and oxygen atoms in total. The van der Waals surface area contributed by atoms with Gasteiger partial charge < -0.3 is 11.1 Å². The lowest BCUT2D eigenvalue weighted by Gasteiger charge is -2.29. The lowest BCUT2D eigenvalue weighted by atomic mass is 9.86. The minimum absolute atomic E-state index is 0.193. The van der Waals surface area contributed by atoms with E-state index >= 15 is 0 Å². The Morgan fingerprint density at radius 1 is 1.31 bits per heavy atom. The first-order valence-electron chi connectivity index (χ1n) is 5.86. The highest BCUT2D eigenvalue weighted by atomic mass is 16.1. The molecule has 2 atom stereocenters. The first-order chi connectivity index (χ1) is 7.79. The standard InChI is InChI=1S/C13H18N2O/c14-13(16)12(10-6-2-1-3-7-10)11-8-4-5-9-15-11/h1-3,6-7,11-12,15H,4-5,8-9H2,(H2,14,16)/t11-,12?/m0/s1. The monoisotopic (exact) mass is 218 g/mol. The number of primary amides is 1. The van der Waals surface area contributed by atoms with Gasteiger partial charge in [0.15, 0.2) is 0 Å². The van der Waals surface area contributed by atoms with Crippen LogP contribution in [0.2, 0.25) is 0 Å². The second kappa shape index (κ2) is 5.12. The molecule has 1 fully saturated rings. The molecule has 86 valence electrons. The van der Waals surface area contributed by atoms with Crippen molar-refractivity contribution < 1.29 is 4.79 Å². The molecule has 1 amide bonds. The van der Waals surface area contributed by atoms with Crippen molar-refractivity contribution in [1.82, 2.24) is 5.32 Å². The van der Waals surface area contributed by atoms with E-state index in [-0.39, 0.29) is 17.9 Å². The molecule has 1 aromatic carbocycles. The average molecular weight is 218 g/mol. The Bertz CT molecular complexity index is 344. The Morgan fingerprint density at radius 2 is 2.06 bits per heavy atom. The van der Waals surface area contributed by atoms with Gasteiger partial charge in [0.2, 0.25) is 5.91 Å². The van der Waals surface area contributed by atoms with E-state index in [0.29, 0.717) is 0 Å². The summed E-state index contributed by atoms with van der Waals surface area (Å²) in [5.41, 5.74) is 6.54. The molecule has 0 aliphatic carbocycles. The number of rotatable bonds is 3. The van der Waals surface area contributed by atoms with Crippen molar-refractivity contribution in [3.63, 3.8) is 0 Å². The van der Waals surface area contributed by atoms with Gasteiger partial charge in [-0.2, -0.15) is 0 Å². The number of hydrogen-bond donors (Lipinski definition) is 2. The average Bonchev–Trinajstić information content (AvgIpc) is 2.31. The van der Waals surface area contributed by atoms with Gasteiger partial charge in [0.25, 0.3) is 0 Å². The van der Waals surface area contributed by atoms with E-state index in [9.17, 15) is 4.79 Å². The molecule has 0 saturated carbocycles. The summed E-state index contributed by atoms with van der Waals surface area (Å²) in [5.74, 6) is -0.424. The molecular weight excluding hydrogens is 200 g/mol. The summed E-state index contributed by atoms with van der Waals surface area (Å²) in [6.07, 6.45) is 3.40. The molecule has 1 unspecified atom stereocenters. The van der Waals surface area contributed by atoms with Gasteiger partial charge in [-0.15, -0.1) is 0 Å². The Kier molecular flexibility index (Phi) is 3.57. The fraction of sp³-hybridized carbons (Fsp3) is 0.462. The van der Waals surface area contributed by atoms with Crippen LogP contribution in [0.15, 0.2) is 30.3 Å². The zero-order valence-electron chi connectivity index (χ0n) is 9.36. The first kappa shape index (κ1) is 11.1. The highest BCUT2D eigenvalue weighted by Gasteiger charge is 2.28. The van der Waals surface area contributed by atoms with E-state index in [4.69, 9.17) is 5.73 Å². The number of nitrogens with one attached hydrogen (secondary N) is 1. The van der Waals surface area contributed by atoms with Gasteiger partial charge >= 0.3 is 0 Å². The van der Waals surface area contributed by atoms with Crippen LogP contribution in [-0.2, 0) is 4.79 Å². The first-order valence-corrected chi connectivity index (χ1v) is 5.86. The van der Waals surface area contributed by atoms with Crippen LogP contribution in [0.4, 0.5) is 0 Å². The lowest BCUT2D eigenvalue weighted by molar-refractivity contribution is -0.120. The van der Waals surface area contributed by atoms with Gasteiger partial charge in [0.1, 0.15) is 0 Å². The largest absolute Gasteiger partial charge is 0.369 e. The smallest absolute Gasteiger partial charge is 0.226 e. The minimum Gasteiger partial charge on any atom is -0.369 e. The van der Waals surface area contributed by atoms with Crippen LogP contribution in [0.3, 0.4) is 0 Å².